The third-order valence-corrected chi connectivity index (χ3v) is 7.10. The smallest absolute Gasteiger partial charge is 0.416 e. The van der Waals surface area contributed by atoms with E-state index in [-0.39, 0.29) is 23.0 Å². The van der Waals surface area contributed by atoms with Gasteiger partial charge in [0.1, 0.15) is 5.75 Å². The van der Waals surface area contributed by atoms with Crippen molar-refractivity contribution in [2.45, 2.75) is 24.0 Å². The minimum atomic E-state index is -4.44. The first-order chi connectivity index (χ1) is 15.4. The molecule has 1 aliphatic heterocycles. The first kappa shape index (κ1) is 25.1. The highest BCUT2D eigenvalue weighted by Crippen LogP contribution is 2.32. The van der Waals surface area contributed by atoms with Gasteiger partial charge in [0.2, 0.25) is 15.9 Å². The standard InChI is InChI=1S/C21H23ClF3N3O4S/c1-14(26-33(30,31)17-6-7-19(32-2)18(22)13-17)20(29)28-10-8-27(9-11-28)16-5-3-4-15(12-16)21(23,24)25/h3-7,12-14,26H,8-11H2,1-2H3/t14-/m1/s1. The van der Waals surface area contributed by atoms with Crippen molar-refractivity contribution in [3.63, 3.8) is 0 Å². The molecule has 0 aliphatic carbocycles. The van der Waals surface area contributed by atoms with Crippen LogP contribution in [0.5, 0.6) is 5.75 Å². The molecule has 0 aromatic heterocycles. The number of rotatable bonds is 6. The van der Waals surface area contributed by atoms with Crippen LogP contribution in [0.3, 0.4) is 0 Å². The van der Waals surface area contributed by atoms with E-state index in [0.717, 1.165) is 12.1 Å². The second kappa shape index (κ2) is 9.78. The summed E-state index contributed by atoms with van der Waals surface area (Å²) in [7, 11) is -2.61. The summed E-state index contributed by atoms with van der Waals surface area (Å²) < 4.78 is 71.6. The van der Waals surface area contributed by atoms with Gasteiger partial charge in [-0.05, 0) is 43.3 Å². The monoisotopic (exact) mass is 505 g/mol. The summed E-state index contributed by atoms with van der Waals surface area (Å²) in [5, 5.41) is 0.116. The number of halogens is 4. The van der Waals surface area contributed by atoms with E-state index < -0.39 is 33.7 Å². The van der Waals surface area contributed by atoms with Gasteiger partial charge in [0.15, 0.2) is 0 Å². The minimum Gasteiger partial charge on any atom is -0.495 e. The number of nitrogens with one attached hydrogen (secondary N) is 1. The van der Waals surface area contributed by atoms with Crippen molar-refractivity contribution in [2.75, 3.05) is 38.2 Å². The highest BCUT2D eigenvalue weighted by Gasteiger charge is 2.32. The van der Waals surface area contributed by atoms with Gasteiger partial charge in [0.05, 0.1) is 28.6 Å². The molecule has 180 valence electrons. The number of methoxy groups -OCH3 is 1. The summed E-state index contributed by atoms with van der Waals surface area (Å²) in [4.78, 5) is 15.9. The Labute approximate surface area is 195 Å². The fourth-order valence-corrected chi connectivity index (χ4v) is 5.05. The van der Waals surface area contributed by atoms with Crippen LogP contribution in [0.1, 0.15) is 12.5 Å². The highest BCUT2D eigenvalue weighted by molar-refractivity contribution is 7.89. The first-order valence-electron chi connectivity index (χ1n) is 9.99. The molecular weight excluding hydrogens is 483 g/mol. The Morgan fingerprint density at radius 1 is 1.12 bits per heavy atom. The molecule has 0 spiro atoms. The summed E-state index contributed by atoms with van der Waals surface area (Å²) in [6, 6.07) is 7.93. The van der Waals surface area contributed by atoms with Crippen molar-refractivity contribution in [1.29, 1.82) is 0 Å². The largest absolute Gasteiger partial charge is 0.495 e. The van der Waals surface area contributed by atoms with E-state index in [1.54, 1.807) is 11.0 Å². The molecule has 7 nitrogen and oxygen atoms in total. The second-order valence-electron chi connectivity index (χ2n) is 7.50. The molecule has 2 aromatic carbocycles. The van der Waals surface area contributed by atoms with Gasteiger partial charge >= 0.3 is 6.18 Å². The highest BCUT2D eigenvalue weighted by atomic mass is 35.5. The minimum absolute atomic E-state index is 0.109. The van der Waals surface area contributed by atoms with Gasteiger partial charge in [0.25, 0.3) is 0 Å². The van der Waals surface area contributed by atoms with E-state index in [1.807, 2.05) is 0 Å². The number of carbonyl (C=O) groups excluding carboxylic acids is 1. The summed E-state index contributed by atoms with van der Waals surface area (Å²) >= 11 is 6.00. The van der Waals surface area contributed by atoms with E-state index in [9.17, 15) is 26.4 Å². The lowest BCUT2D eigenvalue weighted by molar-refractivity contribution is -0.137. The van der Waals surface area contributed by atoms with Gasteiger partial charge in [-0.15, -0.1) is 0 Å². The summed E-state index contributed by atoms with van der Waals surface area (Å²) in [6.07, 6.45) is -4.44. The molecule has 1 aliphatic rings. The van der Waals surface area contributed by atoms with Crippen molar-refractivity contribution < 1.29 is 31.1 Å². The van der Waals surface area contributed by atoms with Crippen molar-refractivity contribution in [1.82, 2.24) is 9.62 Å². The van der Waals surface area contributed by atoms with Crippen molar-refractivity contribution in [2.24, 2.45) is 0 Å². The molecule has 0 unspecified atom stereocenters. The van der Waals surface area contributed by atoms with Crippen LogP contribution in [-0.2, 0) is 21.0 Å². The quantitative estimate of drug-likeness (QED) is 0.651. The molecule has 1 atom stereocenters. The van der Waals surface area contributed by atoms with Gasteiger partial charge in [-0.1, -0.05) is 17.7 Å². The third kappa shape index (κ3) is 5.90. The van der Waals surface area contributed by atoms with E-state index >= 15 is 0 Å². The van der Waals surface area contributed by atoms with Crippen molar-refractivity contribution in [3.05, 3.63) is 53.1 Å². The Balaban J connectivity index is 1.62. The van der Waals surface area contributed by atoms with E-state index in [0.29, 0.717) is 24.5 Å². The molecule has 12 heteroatoms. The normalized spacial score (nSPS) is 15.9. The molecule has 1 amide bonds. The number of nitrogens with zero attached hydrogens (tertiary/aromatic N) is 2. The van der Waals surface area contributed by atoms with Gasteiger partial charge in [-0.3, -0.25) is 4.79 Å². The average Bonchev–Trinajstić information content (AvgIpc) is 2.78. The zero-order chi connectivity index (χ0) is 24.4. The average molecular weight is 506 g/mol. The Morgan fingerprint density at radius 3 is 2.36 bits per heavy atom. The topological polar surface area (TPSA) is 78.9 Å². The molecule has 0 bridgehead atoms. The summed E-state index contributed by atoms with van der Waals surface area (Å²) in [5.41, 5.74) is -0.317. The molecule has 3 rings (SSSR count). The van der Waals surface area contributed by atoms with Gasteiger partial charge in [-0.2, -0.15) is 17.9 Å². The molecule has 2 aromatic rings. The number of carbonyl (C=O) groups is 1. The Bertz CT molecular complexity index is 1120. The van der Waals surface area contributed by atoms with Crippen LogP contribution in [-0.4, -0.2) is 58.6 Å². The van der Waals surface area contributed by atoms with Gasteiger partial charge in [-0.25, -0.2) is 8.42 Å². The Hall–Kier alpha value is -2.50. The van der Waals surface area contributed by atoms with Crippen LogP contribution in [0.25, 0.3) is 0 Å². The fourth-order valence-electron chi connectivity index (χ4n) is 3.50. The maximum Gasteiger partial charge on any atom is 0.416 e. The fraction of sp³-hybridized carbons (Fsp3) is 0.381. The molecular formula is C21H23ClF3N3O4S. The summed E-state index contributed by atoms with van der Waals surface area (Å²) in [5.74, 6) is -0.111. The van der Waals surface area contributed by atoms with Gasteiger partial charge in [0, 0.05) is 31.9 Å². The number of hydrogen-bond acceptors (Lipinski definition) is 5. The number of sulfonamides is 1. The zero-order valence-electron chi connectivity index (χ0n) is 17.9. The van der Waals surface area contributed by atoms with Crippen LogP contribution in [0.15, 0.2) is 47.4 Å². The molecule has 33 heavy (non-hydrogen) atoms. The maximum atomic E-state index is 13.0. The number of benzene rings is 2. The van der Waals surface area contributed by atoms with E-state index in [1.165, 1.54) is 43.2 Å². The second-order valence-corrected chi connectivity index (χ2v) is 9.62. The lowest BCUT2D eigenvalue weighted by Crippen LogP contribution is -2.54. The van der Waals surface area contributed by atoms with Crippen LogP contribution < -0.4 is 14.4 Å². The number of amides is 1. The summed E-state index contributed by atoms with van der Waals surface area (Å²) in [6.45, 7) is 2.57. The SMILES string of the molecule is COc1ccc(S(=O)(=O)N[C@H](C)C(=O)N2CCN(c3cccc(C(F)(F)F)c3)CC2)cc1Cl. The van der Waals surface area contributed by atoms with Gasteiger partial charge < -0.3 is 14.5 Å². The maximum absolute atomic E-state index is 13.0. The molecule has 0 saturated carbocycles. The molecule has 1 fully saturated rings. The van der Waals surface area contributed by atoms with E-state index in [2.05, 4.69) is 4.72 Å². The number of alkyl halides is 3. The lowest BCUT2D eigenvalue weighted by atomic mass is 10.1. The predicted octanol–water partition coefficient (Wildman–Crippen LogP) is 3.38. The van der Waals surface area contributed by atoms with Crippen LogP contribution in [0.4, 0.5) is 18.9 Å². The zero-order valence-corrected chi connectivity index (χ0v) is 19.5. The van der Waals surface area contributed by atoms with Crippen molar-refractivity contribution >= 4 is 33.2 Å². The molecule has 1 heterocycles. The van der Waals surface area contributed by atoms with Crippen LogP contribution in [0, 0.1) is 0 Å². The Morgan fingerprint density at radius 2 is 1.79 bits per heavy atom. The first-order valence-corrected chi connectivity index (χ1v) is 11.9. The van der Waals surface area contributed by atoms with Crippen LogP contribution in [0.2, 0.25) is 5.02 Å². The molecule has 1 N–H and O–H groups in total. The Kier molecular flexibility index (Phi) is 7.45. The van der Waals surface area contributed by atoms with Crippen molar-refractivity contribution in [3.8, 4) is 5.75 Å². The molecule has 0 radical (unpaired) electrons. The number of ether oxygens (including phenoxy) is 1. The van der Waals surface area contributed by atoms with Crippen LogP contribution >= 0.6 is 11.6 Å². The van der Waals surface area contributed by atoms with E-state index in [4.69, 9.17) is 16.3 Å². The predicted molar refractivity (Wildman–Crippen MR) is 118 cm³/mol. The number of piperazine rings is 1. The third-order valence-electron chi connectivity index (χ3n) is 5.27. The molecule has 1 saturated heterocycles. The number of hydrogen-bond donors (Lipinski definition) is 1. The lowest BCUT2D eigenvalue weighted by Gasteiger charge is -2.37. The number of anilines is 1.